The lowest BCUT2D eigenvalue weighted by atomic mass is 10.3. The second-order valence-corrected chi connectivity index (χ2v) is 2.55. The van der Waals surface area contributed by atoms with Crippen LogP contribution >= 0.6 is 0 Å². The van der Waals surface area contributed by atoms with Crippen molar-refractivity contribution in [3.8, 4) is 0 Å². The van der Waals surface area contributed by atoms with Crippen molar-refractivity contribution < 1.29 is 17.9 Å². The molecule has 0 aliphatic carbocycles. The number of halogens is 3. The lowest BCUT2D eigenvalue weighted by Crippen LogP contribution is -2.25. The maximum Gasteiger partial charge on any atom is 0.421 e. The summed E-state index contributed by atoms with van der Waals surface area (Å²) in [5.41, 5.74) is 0. The van der Waals surface area contributed by atoms with Crippen molar-refractivity contribution in [3.63, 3.8) is 0 Å². The summed E-state index contributed by atoms with van der Waals surface area (Å²) in [6.45, 7) is 0. The Morgan fingerprint density at radius 1 is 1.54 bits per heavy atom. The maximum atomic E-state index is 12.3. The SMILES string of the molecule is COC(c1nccn1C)C(F)(F)F. The van der Waals surface area contributed by atoms with Crippen LogP contribution in [0.1, 0.15) is 11.9 Å². The van der Waals surface area contributed by atoms with Crippen LogP contribution < -0.4 is 0 Å². The van der Waals surface area contributed by atoms with Gasteiger partial charge in [0.2, 0.25) is 6.10 Å². The van der Waals surface area contributed by atoms with Crippen molar-refractivity contribution >= 4 is 0 Å². The van der Waals surface area contributed by atoms with Crippen LogP contribution in [0.4, 0.5) is 13.2 Å². The third-order valence-corrected chi connectivity index (χ3v) is 1.63. The fraction of sp³-hybridized carbons (Fsp3) is 0.571. The minimum absolute atomic E-state index is 0.144. The monoisotopic (exact) mass is 194 g/mol. The minimum Gasteiger partial charge on any atom is -0.365 e. The molecule has 0 aliphatic rings. The van der Waals surface area contributed by atoms with E-state index in [0.717, 1.165) is 7.11 Å². The molecule has 0 amide bonds. The molecule has 1 aromatic rings. The van der Waals surface area contributed by atoms with Crippen molar-refractivity contribution in [1.29, 1.82) is 0 Å². The number of rotatable bonds is 2. The average Bonchev–Trinajstić information content (AvgIpc) is 2.35. The van der Waals surface area contributed by atoms with Crippen LogP contribution in [0.5, 0.6) is 0 Å². The van der Waals surface area contributed by atoms with E-state index in [1.807, 2.05) is 0 Å². The molecule has 0 saturated carbocycles. The third-order valence-electron chi connectivity index (χ3n) is 1.63. The summed E-state index contributed by atoms with van der Waals surface area (Å²) in [4.78, 5) is 3.57. The van der Waals surface area contributed by atoms with Crippen LogP contribution in [0.3, 0.4) is 0 Å². The molecule has 0 N–H and O–H groups in total. The van der Waals surface area contributed by atoms with E-state index >= 15 is 0 Å². The summed E-state index contributed by atoms with van der Waals surface area (Å²) in [5.74, 6) is -0.144. The zero-order valence-electron chi connectivity index (χ0n) is 7.17. The Labute approximate surface area is 73.1 Å². The van der Waals surface area contributed by atoms with Gasteiger partial charge in [-0.2, -0.15) is 13.2 Å². The number of aryl methyl sites for hydroxylation is 1. The molecule has 3 nitrogen and oxygen atoms in total. The van der Waals surface area contributed by atoms with E-state index in [4.69, 9.17) is 0 Å². The summed E-state index contributed by atoms with van der Waals surface area (Å²) in [7, 11) is 2.49. The third kappa shape index (κ3) is 2.00. The van der Waals surface area contributed by atoms with Crippen LogP contribution in [0.15, 0.2) is 12.4 Å². The van der Waals surface area contributed by atoms with Crippen LogP contribution in [-0.4, -0.2) is 22.8 Å². The van der Waals surface area contributed by atoms with Gasteiger partial charge >= 0.3 is 6.18 Å². The van der Waals surface area contributed by atoms with Crippen molar-refractivity contribution in [2.24, 2.45) is 7.05 Å². The normalized spacial score (nSPS) is 14.5. The molecule has 0 aliphatic heterocycles. The highest BCUT2D eigenvalue weighted by Gasteiger charge is 2.43. The Bertz CT molecular complexity index is 282. The average molecular weight is 194 g/mol. The molecule has 0 saturated heterocycles. The van der Waals surface area contributed by atoms with E-state index in [1.54, 1.807) is 0 Å². The van der Waals surface area contributed by atoms with Gasteiger partial charge in [-0.25, -0.2) is 4.98 Å². The van der Waals surface area contributed by atoms with Gasteiger partial charge in [0.15, 0.2) is 0 Å². The number of hydrogen-bond donors (Lipinski definition) is 0. The van der Waals surface area contributed by atoms with E-state index in [2.05, 4.69) is 9.72 Å². The first-order chi connectivity index (χ1) is 5.96. The number of methoxy groups -OCH3 is 1. The molecular weight excluding hydrogens is 185 g/mol. The number of alkyl halides is 3. The number of hydrogen-bond acceptors (Lipinski definition) is 2. The molecule has 0 fully saturated rings. The predicted molar refractivity (Wildman–Crippen MR) is 39.0 cm³/mol. The fourth-order valence-corrected chi connectivity index (χ4v) is 1.02. The number of imidazole rings is 1. The smallest absolute Gasteiger partial charge is 0.365 e. The number of aromatic nitrogens is 2. The van der Waals surface area contributed by atoms with Gasteiger partial charge in [-0.05, 0) is 0 Å². The van der Waals surface area contributed by atoms with E-state index in [0.29, 0.717) is 0 Å². The molecule has 13 heavy (non-hydrogen) atoms. The molecule has 0 spiro atoms. The van der Waals surface area contributed by atoms with E-state index in [1.165, 1.54) is 24.0 Å². The first kappa shape index (κ1) is 10.0. The second kappa shape index (κ2) is 3.37. The zero-order valence-corrected chi connectivity index (χ0v) is 7.17. The lowest BCUT2D eigenvalue weighted by Gasteiger charge is -2.17. The molecule has 0 radical (unpaired) electrons. The predicted octanol–water partition coefficient (Wildman–Crippen LogP) is 1.67. The van der Waals surface area contributed by atoms with E-state index < -0.39 is 12.3 Å². The van der Waals surface area contributed by atoms with Gasteiger partial charge in [-0.15, -0.1) is 0 Å². The number of ether oxygens (including phenoxy) is 1. The molecular formula is C7H9F3N2O. The molecule has 6 heteroatoms. The highest BCUT2D eigenvalue weighted by atomic mass is 19.4. The summed E-state index contributed by atoms with van der Waals surface area (Å²) in [6, 6.07) is 0. The Hall–Kier alpha value is -1.04. The molecule has 0 bridgehead atoms. The minimum atomic E-state index is -4.42. The van der Waals surface area contributed by atoms with Crippen molar-refractivity contribution in [2.45, 2.75) is 12.3 Å². The second-order valence-electron chi connectivity index (χ2n) is 2.55. The van der Waals surface area contributed by atoms with Crippen molar-refractivity contribution in [3.05, 3.63) is 18.2 Å². The maximum absolute atomic E-state index is 12.3. The van der Waals surface area contributed by atoms with Gasteiger partial charge in [0.05, 0.1) is 0 Å². The first-order valence-electron chi connectivity index (χ1n) is 3.53. The topological polar surface area (TPSA) is 27.1 Å². The molecule has 1 aromatic heterocycles. The summed E-state index contributed by atoms with van der Waals surface area (Å²) < 4.78 is 42.5. The fourth-order valence-electron chi connectivity index (χ4n) is 1.02. The van der Waals surface area contributed by atoms with E-state index in [9.17, 15) is 13.2 Å². The van der Waals surface area contributed by atoms with Crippen LogP contribution in [-0.2, 0) is 11.8 Å². The van der Waals surface area contributed by atoms with Crippen molar-refractivity contribution in [2.75, 3.05) is 7.11 Å². The van der Waals surface area contributed by atoms with Gasteiger partial charge in [0, 0.05) is 26.6 Å². The van der Waals surface area contributed by atoms with Crippen LogP contribution in [0.2, 0.25) is 0 Å². The highest BCUT2D eigenvalue weighted by molar-refractivity contribution is 4.98. The molecule has 1 unspecified atom stereocenters. The largest absolute Gasteiger partial charge is 0.421 e. The summed E-state index contributed by atoms with van der Waals surface area (Å²) >= 11 is 0. The Morgan fingerprint density at radius 3 is 2.46 bits per heavy atom. The van der Waals surface area contributed by atoms with Gasteiger partial charge in [0.25, 0.3) is 0 Å². The number of nitrogens with zero attached hydrogens (tertiary/aromatic N) is 2. The van der Waals surface area contributed by atoms with Gasteiger partial charge in [0.1, 0.15) is 5.82 Å². The quantitative estimate of drug-likeness (QED) is 0.716. The zero-order chi connectivity index (χ0) is 10.1. The van der Waals surface area contributed by atoms with Gasteiger partial charge < -0.3 is 9.30 Å². The molecule has 1 rings (SSSR count). The molecule has 1 atom stereocenters. The Kier molecular flexibility index (Phi) is 2.60. The molecule has 0 aromatic carbocycles. The summed E-state index contributed by atoms with van der Waals surface area (Å²) in [6.07, 6.45) is -3.64. The molecule has 74 valence electrons. The van der Waals surface area contributed by atoms with Gasteiger partial charge in [-0.3, -0.25) is 0 Å². The summed E-state index contributed by atoms with van der Waals surface area (Å²) in [5, 5.41) is 0. The highest BCUT2D eigenvalue weighted by Crippen LogP contribution is 2.33. The molecule has 1 heterocycles. The first-order valence-corrected chi connectivity index (χ1v) is 3.53. The Morgan fingerprint density at radius 2 is 2.15 bits per heavy atom. The van der Waals surface area contributed by atoms with Crippen LogP contribution in [0, 0.1) is 0 Å². The van der Waals surface area contributed by atoms with Crippen molar-refractivity contribution in [1.82, 2.24) is 9.55 Å². The van der Waals surface area contributed by atoms with Gasteiger partial charge in [-0.1, -0.05) is 0 Å². The lowest BCUT2D eigenvalue weighted by molar-refractivity contribution is -0.219. The van der Waals surface area contributed by atoms with Crippen LogP contribution in [0.25, 0.3) is 0 Å². The standard InChI is InChI=1S/C7H9F3N2O/c1-12-4-3-11-6(12)5(13-2)7(8,9)10/h3-5H,1-2H3. The Balaban J connectivity index is 2.98. The van der Waals surface area contributed by atoms with E-state index in [-0.39, 0.29) is 5.82 Å².